The molecule has 2 aliphatic carbocycles. The van der Waals surface area contributed by atoms with Crippen molar-refractivity contribution in [1.82, 2.24) is 14.2 Å². The third-order valence-corrected chi connectivity index (χ3v) is 14.1. The van der Waals surface area contributed by atoms with E-state index >= 15 is 0 Å². The normalized spacial score (nSPS) is 17.7. The van der Waals surface area contributed by atoms with Crippen molar-refractivity contribution in [2.45, 2.75) is 42.6 Å². The largest absolute Gasteiger partial charge is 0.501 e. The molecule has 1 aromatic heterocycles. The van der Waals surface area contributed by atoms with Crippen molar-refractivity contribution < 1.29 is 31.5 Å². The smallest absolute Gasteiger partial charge is 0.478 e. The highest BCUT2D eigenvalue weighted by Gasteiger charge is 2.50. The van der Waals surface area contributed by atoms with Crippen LogP contribution in [0.5, 0.6) is 0 Å². The Morgan fingerprint density at radius 3 is 2.22 bits per heavy atom. The van der Waals surface area contributed by atoms with Gasteiger partial charge in [0.2, 0.25) is 0 Å². The first kappa shape index (κ1) is 41.6. The summed E-state index contributed by atoms with van der Waals surface area (Å²) in [6, 6.07) is 23.1. The average Bonchev–Trinajstić information content (AvgIpc) is 3.49. The maximum Gasteiger partial charge on any atom is 0.501 e. The lowest BCUT2D eigenvalue weighted by Gasteiger charge is -2.39. The third-order valence-electron chi connectivity index (χ3n) is 10.5. The number of allylic oxidation sites excluding steroid dienone is 5. The van der Waals surface area contributed by atoms with Crippen LogP contribution >= 0.6 is 35.5 Å². The number of halogens is 4. The van der Waals surface area contributed by atoms with Crippen LogP contribution < -0.4 is 14.3 Å². The van der Waals surface area contributed by atoms with Crippen LogP contribution in [0.15, 0.2) is 124 Å². The molecule has 4 aromatic rings. The number of carboxylic acid groups (broad SMARTS) is 1. The fourth-order valence-electron chi connectivity index (χ4n) is 7.36. The molecule has 1 aliphatic heterocycles. The first-order chi connectivity index (χ1) is 27.7. The quantitative estimate of drug-likeness (QED) is 0.119. The molecular weight excluding hydrogens is 827 g/mol. The number of hydrogen-bond acceptors (Lipinski definition) is 9. The summed E-state index contributed by atoms with van der Waals surface area (Å²) in [4.78, 5) is 17.6. The van der Waals surface area contributed by atoms with Gasteiger partial charge >= 0.3 is 11.5 Å². The Morgan fingerprint density at radius 2 is 1.57 bits per heavy atom. The van der Waals surface area contributed by atoms with Gasteiger partial charge in [-0.15, -0.1) is 0 Å². The molecule has 0 amide bonds. The van der Waals surface area contributed by atoms with Crippen LogP contribution in [0.4, 0.5) is 24.5 Å². The van der Waals surface area contributed by atoms with Crippen molar-refractivity contribution in [3.63, 3.8) is 0 Å². The molecular formula is C42H41ClF3N5O4S3. The SMILES string of the molecule is Cc1c(C(=O)O)c(C2=CCCC(N3CCN(c4ccc(NSC5=CCC(NSc6ccccc6)C(S(=O)(=O)C(F)(F)F)=C5)cc4)CC3)=C2)c(-c2ccc(Cl)cc2)n1C. The van der Waals surface area contributed by atoms with Gasteiger partial charge < -0.3 is 24.2 Å². The summed E-state index contributed by atoms with van der Waals surface area (Å²) in [5.74, 6) is -0.966. The first-order valence-corrected chi connectivity index (χ1v) is 22.0. The highest BCUT2D eigenvalue weighted by Crippen LogP contribution is 2.41. The molecule has 16 heteroatoms. The number of nitrogens with one attached hydrogen (secondary N) is 2. The van der Waals surface area contributed by atoms with Crippen molar-refractivity contribution in [1.29, 1.82) is 0 Å². The summed E-state index contributed by atoms with van der Waals surface area (Å²) in [7, 11) is -3.68. The Hall–Kier alpha value is -4.54. The molecule has 58 heavy (non-hydrogen) atoms. The van der Waals surface area contributed by atoms with Crippen LogP contribution in [0, 0.1) is 6.92 Å². The van der Waals surface area contributed by atoms with Gasteiger partial charge in [0.1, 0.15) is 0 Å². The number of carboxylic acids is 1. The number of nitrogens with zero attached hydrogens (tertiary/aromatic N) is 3. The van der Waals surface area contributed by atoms with Crippen LogP contribution in [0.1, 0.15) is 40.9 Å². The summed E-state index contributed by atoms with van der Waals surface area (Å²) in [6.45, 7) is 4.93. The molecule has 0 radical (unpaired) electrons. The second kappa shape index (κ2) is 17.4. The maximum absolute atomic E-state index is 13.7. The molecule has 3 N–H and O–H groups in total. The van der Waals surface area contributed by atoms with Crippen LogP contribution in [0.25, 0.3) is 16.8 Å². The zero-order valence-electron chi connectivity index (χ0n) is 31.6. The van der Waals surface area contributed by atoms with Crippen LogP contribution in [-0.4, -0.2) is 66.7 Å². The molecule has 0 spiro atoms. The molecule has 0 saturated carbocycles. The van der Waals surface area contributed by atoms with E-state index in [1.54, 1.807) is 30.3 Å². The number of aromatic carboxylic acids is 1. The number of benzene rings is 3. The fourth-order valence-corrected chi connectivity index (χ4v) is 10.3. The van der Waals surface area contributed by atoms with E-state index in [1.165, 1.54) is 5.70 Å². The van der Waals surface area contributed by atoms with Gasteiger partial charge in [0, 0.05) is 76.4 Å². The predicted molar refractivity (Wildman–Crippen MR) is 229 cm³/mol. The molecule has 1 saturated heterocycles. The molecule has 2 heterocycles. The summed E-state index contributed by atoms with van der Waals surface area (Å²) >= 11 is 8.32. The summed E-state index contributed by atoms with van der Waals surface area (Å²) < 4.78 is 74.3. The van der Waals surface area contributed by atoms with Gasteiger partial charge in [0.15, 0.2) is 0 Å². The molecule has 1 atom stereocenters. The second-order valence-corrected chi connectivity index (χ2v) is 18.2. The van der Waals surface area contributed by atoms with Crippen LogP contribution in [0.2, 0.25) is 5.02 Å². The summed E-state index contributed by atoms with van der Waals surface area (Å²) in [5, 5.41) is 10.9. The molecule has 9 nitrogen and oxygen atoms in total. The number of anilines is 2. The first-order valence-electron chi connectivity index (χ1n) is 18.5. The van der Waals surface area contributed by atoms with Crippen LogP contribution in [-0.2, 0) is 16.9 Å². The van der Waals surface area contributed by atoms with Crippen LogP contribution in [0.3, 0.4) is 0 Å². The Labute approximate surface area is 349 Å². The molecule has 1 fully saturated rings. The third kappa shape index (κ3) is 8.88. The van der Waals surface area contributed by atoms with Crippen molar-refractivity contribution in [3.05, 3.63) is 141 Å². The lowest BCUT2D eigenvalue weighted by Crippen LogP contribution is -2.46. The zero-order chi connectivity index (χ0) is 41.2. The number of alkyl halides is 3. The standard InChI is InChI=1S/C42H41ClF3N5O4S3/c1-27-38(41(52)53)39(40(49(27)2)28-11-13-30(43)14-12-28)29-7-6-8-33(25-29)51-23-21-50(22-24-51)32-17-15-31(16-18-32)47-57-35-19-20-36(48-56-34-9-4-3-5-10-34)37(26-35)58(54,55)42(44,45)46/h3-5,7,9-19,25-26,36,47-48H,6,8,20-24H2,1-2H3,(H,52,53). The van der Waals surface area contributed by atoms with E-state index in [2.05, 4.69) is 31.4 Å². The van der Waals surface area contributed by atoms with Crippen molar-refractivity contribution >= 4 is 68.3 Å². The Bertz CT molecular complexity index is 2410. The van der Waals surface area contributed by atoms with E-state index in [9.17, 15) is 31.5 Å². The lowest BCUT2D eigenvalue weighted by atomic mass is 9.91. The monoisotopic (exact) mass is 867 g/mol. The maximum atomic E-state index is 13.7. The summed E-state index contributed by atoms with van der Waals surface area (Å²) in [5.41, 5.74) is 1.77. The van der Waals surface area contributed by atoms with Crippen molar-refractivity contribution in [2.75, 3.05) is 35.8 Å². The van der Waals surface area contributed by atoms with Gasteiger partial charge in [-0.1, -0.05) is 54.1 Å². The molecule has 304 valence electrons. The number of aromatic nitrogens is 1. The van der Waals surface area contributed by atoms with E-state index in [0.717, 1.165) is 96.4 Å². The fraction of sp³-hybridized carbons (Fsp3) is 0.262. The zero-order valence-corrected chi connectivity index (χ0v) is 34.8. The number of rotatable bonds is 12. The van der Waals surface area contributed by atoms with E-state index in [4.69, 9.17) is 11.6 Å². The minimum atomic E-state index is -5.57. The van der Waals surface area contributed by atoms with Gasteiger partial charge in [-0.2, -0.15) is 13.2 Å². The van der Waals surface area contributed by atoms with Gasteiger partial charge in [-0.25, -0.2) is 13.2 Å². The molecule has 3 aromatic carbocycles. The lowest BCUT2D eigenvalue weighted by molar-refractivity contribution is -0.0428. The van der Waals surface area contributed by atoms with E-state index in [-0.39, 0.29) is 6.42 Å². The van der Waals surface area contributed by atoms with E-state index in [0.29, 0.717) is 32.4 Å². The van der Waals surface area contributed by atoms with Gasteiger partial charge in [-0.3, -0.25) is 4.72 Å². The van der Waals surface area contributed by atoms with Gasteiger partial charge in [0.05, 0.1) is 22.2 Å². The minimum Gasteiger partial charge on any atom is -0.478 e. The van der Waals surface area contributed by atoms with Gasteiger partial charge in [0.25, 0.3) is 9.84 Å². The topological polar surface area (TPSA) is 107 Å². The van der Waals surface area contributed by atoms with Crippen molar-refractivity contribution in [2.24, 2.45) is 7.05 Å². The van der Waals surface area contributed by atoms with E-state index in [1.807, 2.05) is 73.1 Å². The Morgan fingerprint density at radius 1 is 0.897 bits per heavy atom. The molecule has 3 aliphatic rings. The highest BCUT2D eigenvalue weighted by molar-refractivity contribution is 8.04. The highest BCUT2D eigenvalue weighted by atomic mass is 35.5. The number of carbonyl (C=O) groups is 1. The average molecular weight is 868 g/mol. The van der Waals surface area contributed by atoms with Crippen molar-refractivity contribution in [3.8, 4) is 11.3 Å². The number of sulfone groups is 1. The predicted octanol–water partition coefficient (Wildman–Crippen LogP) is 10.1. The Balaban J connectivity index is 0.988. The minimum absolute atomic E-state index is 0.0597. The van der Waals surface area contributed by atoms with E-state index < -0.39 is 32.3 Å². The molecule has 0 bridgehead atoms. The Kier molecular flexibility index (Phi) is 12.5. The number of piperazine rings is 1. The molecule has 1 unspecified atom stereocenters. The molecule has 7 rings (SSSR count). The second-order valence-electron chi connectivity index (χ2n) is 14.0. The number of hydrogen-bond donors (Lipinski definition) is 3. The van der Waals surface area contributed by atoms with Gasteiger partial charge in [-0.05, 0) is 122 Å². The summed E-state index contributed by atoms with van der Waals surface area (Å²) in [6.07, 6.45) is 8.77.